The number of nitrogens with zero attached hydrogens (tertiary/aromatic N) is 3. The molecule has 1 aliphatic rings. The van der Waals surface area contributed by atoms with Crippen LogP contribution in [0.15, 0.2) is 40.0 Å². The molecule has 32 heavy (non-hydrogen) atoms. The van der Waals surface area contributed by atoms with Gasteiger partial charge in [-0.1, -0.05) is 61.2 Å². The molecule has 2 aromatic rings. The molecule has 0 radical (unpaired) electrons. The molecule has 1 unspecified atom stereocenters. The van der Waals surface area contributed by atoms with Crippen LogP contribution in [0.2, 0.25) is 0 Å². The number of pyridine rings is 1. The van der Waals surface area contributed by atoms with Crippen LogP contribution in [0.25, 0.3) is 6.08 Å². The first-order chi connectivity index (χ1) is 15.2. The van der Waals surface area contributed by atoms with Crippen molar-refractivity contribution in [2.75, 3.05) is 6.54 Å². The summed E-state index contributed by atoms with van der Waals surface area (Å²) in [6.07, 6.45) is 2.21. The maximum atomic E-state index is 13.2. The van der Waals surface area contributed by atoms with E-state index in [0.29, 0.717) is 11.3 Å². The van der Waals surface area contributed by atoms with E-state index in [0.717, 1.165) is 21.9 Å². The summed E-state index contributed by atoms with van der Waals surface area (Å²) in [7, 11) is 0. The number of thiocarbonyl (C=S) groups is 1. The molecule has 1 fully saturated rings. The number of nitriles is 1. The molecule has 2 heterocycles. The Morgan fingerprint density at radius 1 is 1.31 bits per heavy atom. The first-order valence-corrected chi connectivity index (χ1v) is 11.1. The normalized spacial score (nSPS) is 15.8. The summed E-state index contributed by atoms with van der Waals surface area (Å²) in [5.41, 5.74) is -0.0925. The van der Waals surface area contributed by atoms with Crippen LogP contribution in [0, 0.1) is 18.3 Å². The zero-order chi connectivity index (χ0) is 23.6. The number of rotatable bonds is 6. The highest BCUT2D eigenvalue weighted by atomic mass is 32.2. The van der Waals surface area contributed by atoms with Crippen molar-refractivity contribution in [1.29, 1.82) is 5.26 Å². The molecule has 0 saturated carbocycles. The maximum Gasteiger partial charge on any atom is 0.271 e. The summed E-state index contributed by atoms with van der Waals surface area (Å²) >= 11 is 6.40. The van der Waals surface area contributed by atoms with Crippen LogP contribution in [-0.2, 0) is 4.79 Å². The Labute approximate surface area is 195 Å². The Morgan fingerprint density at radius 3 is 2.56 bits per heavy atom. The number of benzene rings is 1. The zero-order valence-corrected chi connectivity index (χ0v) is 19.4. The summed E-state index contributed by atoms with van der Waals surface area (Å²) in [4.78, 5) is 40.3. The lowest BCUT2D eigenvalue weighted by Crippen LogP contribution is -2.35. The third-order valence-electron chi connectivity index (χ3n) is 5.33. The van der Waals surface area contributed by atoms with Crippen LogP contribution in [0.3, 0.4) is 0 Å². The predicted octanol–water partition coefficient (Wildman–Crippen LogP) is 3.79. The molecule has 1 saturated heterocycles. The van der Waals surface area contributed by atoms with Gasteiger partial charge in [-0.05, 0) is 37.5 Å². The molecule has 7 nitrogen and oxygen atoms in total. The topological polar surface area (TPSA) is 103 Å². The van der Waals surface area contributed by atoms with Crippen LogP contribution in [0.1, 0.15) is 53.4 Å². The highest BCUT2D eigenvalue weighted by Crippen LogP contribution is 2.33. The van der Waals surface area contributed by atoms with Crippen molar-refractivity contribution >= 4 is 46.1 Å². The van der Waals surface area contributed by atoms with Crippen molar-refractivity contribution in [1.82, 2.24) is 9.47 Å². The van der Waals surface area contributed by atoms with E-state index in [9.17, 15) is 24.8 Å². The minimum atomic E-state index is -0.648. The van der Waals surface area contributed by atoms with Crippen molar-refractivity contribution in [3.8, 4) is 11.9 Å². The number of hydrogen-bond acceptors (Lipinski definition) is 7. The number of thioether (sulfide) groups is 1. The van der Waals surface area contributed by atoms with Crippen LogP contribution in [0.4, 0.5) is 0 Å². The van der Waals surface area contributed by atoms with Gasteiger partial charge in [-0.25, -0.2) is 0 Å². The van der Waals surface area contributed by atoms with Crippen molar-refractivity contribution in [2.45, 2.75) is 33.2 Å². The third-order valence-corrected chi connectivity index (χ3v) is 6.71. The minimum Gasteiger partial charge on any atom is -0.494 e. The molecule has 9 heteroatoms. The predicted molar refractivity (Wildman–Crippen MR) is 127 cm³/mol. The largest absolute Gasteiger partial charge is 0.494 e. The van der Waals surface area contributed by atoms with E-state index in [-0.39, 0.29) is 21.0 Å². The summed E-state index contributed by atoms with van der Waals surface area (Å²) in [5, 5.41) is 20.2. The van der Waals surface area contributed by atoms with Gasteiger partial charge < -0.3 is 5.11 Å². The number of carbonyl (C=O) groups excluding carboxylic acids is 2. The highest BCUT2D eigenvalue weighted by Gasteiger charge is 2.35. The Morgan fingerprint density at radius 2 is 1.97 bits per heavy atom. The van der Waals surface area contributed by atoms with Gasteiger partial charge in [-0.3, -0.25) is 23.9 Å². The third kappa shape index (κ3) is 4.24. The van der Waals surface area contributed by atoms with E-state index in [1.165, 1.54) is 11.8 Å². The molecule has 164 valence electrons. The fourth-order valence-electron chi connectivity index (χ4n) is 3.41. The first kappa shape index (κ1) is 23.4. The van der Waals surface area contributed by atoms with Crippen LogP contribution in [0.5, 0.6) is 5.88 Å². The summed E-state index contributed by atoms with van der Waals surface area (Å²) in [6, 6.07) is 10.7. The van der Waals surface area contributed by atoms with Gasteiger partial charge >= 0.3 is 0 Å². The SMILES string of the molecule is CCC(C)n1c(O)c(C(=O)CN2C(=O)/C(=C/c3ccccc3)SC2=S)c(C)c(C#N)c1=O. The first-order valence-electron chi connectivity index (χ1n) is 9.93. The standard InChI is InChI=1S/C23H21N3O4S2/c1-4-13(2)26-20(28)16(11-24)14(3)19(22(26)30)17(27)12-25-21(29)18(32-23(25)31)10-15-8-6-5-7-9-15/h5-10,13,30H,4,12H2,1-3H3/b18-10-. The molecule has 0 spiro atoms. The molecule has 1 aromatic heterocycles. The number of Topliss-reactive ketones (excluding diaryl/α,β-unsaturated/α-hetero) is 1. The van der Waals surface area contributed by atoms with Crippen molar-refractivity contribution in [2.24, 2.45) is 0 Å². The smallest absolute Gasteiger partial charge is 0.271 e. The highest BCUT2D eigenvalue weighted by molar-refractivity contribution is 8.26. The van der Waals surface area contributed by atoms with E-state index >= 15 is 0 Å². The Kier molecular flexibility index (Phi) is 6.96. The second kappa shape index (κ2) is 9.51. The molecule has 1 amide bonds. The summed E-state index contributed by atoms with van der Waals surface area (Å²) in [6.45, 7) is 4.56. The van der Waals surface area contributed by atoms with E-state index in [2.05, 4.69) is 0 Å². The fourth-order valence-corrected chi connectivity index (χ4v) is 4.66. The van der Waals surface area contributed by atoms with Crippen molar-refractivity contribution in [3.05, 3.63) is 67.8 Å². The van der Waals surface area contributed by atoms with E-state index < -0.39 is 35.7 Å². The second-order valence-corrected chi connectivity index (χ2v) is 9.02. The average molecular weight is 468 g/mol. The van der Waals surface area contributed by atoms with Gasteiger partial charge in [0.05, 0.1) is 17.0 Å². The zero-order valence-electron chi connectivity index (χ0n) is 17.8. The van der Waals surface area contributed by atoms with Crippen molar-refractivity contribution in [3.63, 3.8) is 0 Å². The van der Waals surface area contributed by atoms with Crippen LogP contribution < -0.4 is 5.56 Å². The van der Waals surface area contributed by atoms with Crippen molar-refractivity contribution < 1.29 is 14.7 Å². The number of aromatic nitrogens is 1. The quantitative estimate of drug-likeness (QED) is 0.392. The van der Waals surface area contributed by atoms with Gasteiger partial charge in [0.1, 0.15) is 16.0 Å². The lowest BCUT2D eigenvalue weighted by Gasteiger charge is -2.21. The molecular formula is C23H21N3O4S2. The second-order valence-electron chi connectivity index (χ2n) is 7.34. The number of ketones is 1. The Hall–Kier alpha value is -3.22. The van der Waals surface area contributed by atoms with Gasteiger partial charge in [0.2, 0.25) is 5.88 Å². The fraction of sp³-hybridized carbons (Fsp3) is 0.261. The molecule has 1 aliphatic heterocycles. The monoisotopic (exact) mass is 467 g/mol. The van der Waals surface area contributed by atoms with Crippen LogP contribution >= 0.6 is 24.0 Å². The summed E-state index contributed by atoms with van der Waals surface area (Å²) < 4.78 is 1.27. The number of carbonyl (C=O) groups is 2. The Bertz CT molecular complexity index is 1240. The molecule has 1 N–H and O–H groups in total. The average Bonchev–Trinajstić information content (AvgIpc) is 3.01. The lowest BCUT2D eigenvalue weighted by molar-refractivity contribution is -0.121. The maximum absolute atomic E-state index is 13.2. The van der Waals surface area contributed by atoms with Gasteiger partial charge in [0, 0.05) is 6.04 Å². The summed E-state index contributed by atoms with van der Waals surface area (Å²) in [5.74, 6) is -1.52. The molecule has 1 aromatic carbocycles. The molecular weight excluding hydrogens is 446 g/mol. The Balaban J connectivity index is 1.98. The minimum absolute atomic E-state index is 0.0878. The van der Waals surface area contributed by atoms with Crippen LogP contribution in [-0.4, -0.2) is 37.1 Å². The number of amides is 1. The van der Waals surface area contributed by atoms with E-state index in [4.69, 9.17) is 12.2 Å². The molecule has 0 bridgehead atoms. The lowest BCUT2D eigenvalue weighted by atomic mass is 10.0. The van der Waals surface area contributed by atoms with E-state index in [1.54, 1.807) is 13.0 Å². The number of aromatic hydroxyl groups is 1. The molecule has 3 rings (SSSR count). The molecule has 1 atom stereocenters. The molecule has 0 aliphatic carbocycles. The van der Waals surface area contributed by atoms with Gasteiger partial charge in [-0.15, -0.1) is 0 Å². The van der Waals surface area contributed by atoms with E-state index in [1.807, 2.05) is 43.3 Å². The van der Waals surface area contributed by atoms with Gasteiger partial charge in [0.15, 0.2) is 5.78 Å². The number of hydrogen-bond donors (Lipinski definition) is 1. The van der Waals surface area contributed by atoms with Gasteiger partial charge in [0.25, 0.3) is 11.5 Å². The van der Waals surface area contributed by atoms with Gasteiger partial charge in [-0.2, -0.15) is 5.26 Å².